The fourth-order valence-corrected chi connectivity index (χ4v) is 4.18. The van der Waals surface area contributed by atoms with E-state index in [1.807, 2.05) is 0 Å². The normalized spacial score (nSPS) is 22.5. The van der Waals surface area contributed by atoms with Crippen molar-refractivity contribution < 1.29 is 19.1 Å². The monoisotopic (exact) mass is 406 g/mol. The molecule has 7 nitrogen and oxygen atoms in total. The molecule has 2 fully saturated rings. The molecule has 1 unspecified atom stereocenters. The first-order chi connectivity index (χ1) is 13.5. The highest BCUT2D eigenvalue weighted by Gasteiger charge is 2.32. The van der Waals surface area contributed by atoms with Gasteiger partial charge in [0.05, 0.1) is 12.6 Å². The first-order valence-electron chi connectivity index (χ1n) is 9.32. The number of carbonyl (C=O) groups is 2. The van der Waals surface area contributed by atoms with Crippen LogP contribution in [-0.4, -0.2) is 51.6 Å². The number of carboxylic acid groups (broad SMARTS) is 1. The summed E-state index contributed by atoms with van der Waals surface area (Å²) in [5, 5.41) is 18.9. The molecule has 1 aromatic rings. The van der Waals surface area contributed by atoms with Crippen molar-refractivity contribution in [2.75, 3.05) is 13.1 Å². The Bertz CT molecular complexity index is 791. The molecule has 2 N–H and O–H groups in total. The smallest absolute Gasteiger partial charge is 0.305 e. The number of thioether (sulfide) groups is 1. The van der Waals surface area contributed by atoms with Gasteiger partial charge in [0, 0.05) is 6.54 Å². The number of amidine groups is 1. The lowest BCUT2D eigenvalue weighted by molar-refractivity contribution is -0.138. The van der Waals surface area contributed by atoms with Gasteiger partial charge in [0.25, 0.3) is 0 Å². The van der Waals surface area contributed by atoms with Crippen molar-refractivity contribution in [3.8, 4) is 0 Å². The summed E-state index contributed by atoms with van der Waals surface area (Å²) in [6, 6.07) is 4.57. The number of amides is 1. The number of carboxylic acids is 1. The van der Waals surface area contributed by atoms with Crippen LogP contribution in [0, 0.1) is 5.82 Å². The average Bonchev–Trinajstić information content (AvgIpc) is 2.83. The third-order valence-corrected chi connectivity index (χ3v) is 5.75. The number of likely N-dealkylation sites (tertiary alicyclic amines) is 1. The summed E-state index contributed by atoms with van der Waals surface area (Å²) in [5.41, 5.74) is 1.61. The van der Waals surface area contributed by atoms with Gasteiger partial charge in [-0.25, -0.2) is 4.39 Å². The highest BCUT2D eigenvalue weighted by molar-refractivity contribution is 8.15. The minimum Gasteiger partial charge on any atom is -0.481 e. The Hall–Kier alpha value is -2.26. The zero-order chi connectivity index (χ0) is 19.9. The molecule has 0 spiro atoms. The van der Waals surface area contributed by atoms with E-state index < -0.39 is 11.2 Å². The highest BCUT2D eigenvalue weighted by Crippen LogP contribution is 2.22. The number of halogens is 1. The summed E-state index contributed by atoms with van der Waals surface area (Å²) < 4.78 is 13.8. The molecule has 9 heteroatoms. The number of hydrogen-bond donors (Lipinski definition) is 2. The fourth-order valence-electron chi connectivity index (χ4n) is 3.26. The van der Waals surface area contributed by atoms with E-state index in [0.717, 1.165) is 48.8 Å². The van der Waals surface area contributed by atoms with Crippen molar-refractivity contribution in [1.82, 2.24) is 10.2 Å². The van der Waals surface area contributed by atoms with Crippen molar-refractivity contribution in [2.24, 2.45) is 10.2 Å². The van der Waals surface area contributed by atoms with Gasteiger partial charge in [0.2, 0.25) is 5.91 Å². The number of aliphatic carboxylic acids is 1. The average molecular weight is 406 g/mol. The maximum Gasteiger partial charge on any atom is 0.305 e. The summed E-state index contributed by atoms with van der Waals surface area (Å²) in [4.78, 5) is 24.8. The summed E-state index contributed by atoms with van der Waals surface area (Å²) in [6.45, 7) is 2.66. The molecule has 1 amide bonds. The summed E-state index contributed by atoms with van der Waals surface area (Å²) >= 11 is 1.05. The van der Waals surface area contributed by atoms with Crippen LogP contribution >= 0.6 is 11.8 Å². The summed E-state index contributed by atoms with van der Waals surface area (Å²) in [6.07, 6.45) is 6.05. The van der Waals surface area contributed by atoms with Gasteiger partial charge in [-0.3, -0.25) is 14.5 Å². The molecule has 0 saturated carbocycles. The first kappa shape index (κ1) is 20.5. The molecule has 2 aliphatic rings. The maximum atomic E-state index is 13.8. The molecule has 28 heavy (non-hydrogen) atoms. The highest BCUT2D eigenvalue weighted by atomic mass is 32.2. The zero-order valence-corrected chi connectivity index (χ0v) is 16.3. The predicted molar refractivity (Wildman–Crippen MR) is 107 cm³/mol. The lowest BCUT2D eigenvalue weighted by Gasteiger charge is -2.20. The molecule has 0 aliphatic carbocycles. The second-order valence-electron chi connectivity index (χ2n) is 6.88. The van der Waals surface area contributed by atoms with Crippen LogP contribution < -0.4 is 5.32 Å². The Kier molecular flexibility index (Phi) is 7.16. The van der Waals surface area contributed by atoms with Crippen LogP contribution in [0.4, 0.5) is 4.39 Å². The molecule has 3 rings (SSSR count). The van der Waals surface area contributed by atoms with E-state index in [0.29, 0.717) is 6.54 Å². The van der Waals surface area contributed by atoms with Crippen molar-refractivity contribution in [2.45, 2.75) is 43.9 Å². The predicted octanol–water partition coefficient (Wildman–Crippen LogP) is 2.60. The van der Waals surface area contributed by atoms with Crippen LogP contribution in [0.3, 0.4) is 0 Å². The third kappa shape index (κ3) is 5.87. The van der Waals surface area contributed by atoms with Gasteiger partial charge < -0.3 is 10.4 Å². The molecule has 0 radical (unpaired) electrons. The van der Waals surface area contributed by atoms with Crippen LogP contribution in [0.2, 0.25) is 0 Å². The molecular weight excluding hydrogens is 383 g/mol. The Morgan fingerprint density at radius 3 is 2.79 bits per heavy atom. The molecule has 0 bridgehead atoms. The molecule has 150 valence electrons. The Morgan fingerprint density at radius 2 is 2.07 bits per heavy atom. The number of carbonyl (C=O) groups excluding carboxylic acids is 1. The second kappa shape index (κ2) is 9.79. The largest absolute Gasteiger partial charge is 0.481 e. The Balaban J connectivity index is 1.68. The lowest BCUT2D eigenvalue weighted by Crippen LogP contribution is -2.26. The van der Waals surface area contributed by atoms with Crippen LogP contribution in [-0.2, 0) is 16.1 Å². The van der Waals surface area contributed by atoms with Crippen LogP contribution in [0.25, 0.3) is 0 Å². The number of hydrogen-bond acceptors (Lipinski definition) is 6. The third-order valence-electron chi connectivity index (χ3n) is 4.68. The van der Waals surface area contributed by atoms with Gasteiger partial charge in [0.1, 0.15) is 11.1 Å². The fraction of sp³-hybridized carbons (Fsp3) is 0.474. The standard InChI is InChI=1S/C19H23FN4O3S/c20-15-6-5-13(14(9-15)12-24-7-3-1-2-4-8-24)11-21-23-19-22-18(27)16(28-19)10-17(25)26/h5-6,9,11,16H,1-4,7-8,10,12H2,(H,25,26)(H,22,23,27). The molecule has 1 aromatic carbocycles. The zero-order valence-electron chi connectivity index (χ0n) is 15.4. The van der Waals surface area contributed by atoms with E-state index in [-0.39, 0.29) is 23.3 Å². The van der Waals surface area contributed by atoms with Crippen LogP contribution in [0.1, 0.15) is 43.2 Å². The van der Waals surface area contributed by atoms with Gasteiger partial charge in [-0.2, -0.15) is 5.10 Å². The van der Waals surface area contributed by atoms with Crippen LogP contribution in [0.5, 0.6) is 0 Å². The van der Waals surface area contributed by atoms with Gasteiger partial charge >= 0.3 is 5.97 Å². The molecule has 2 aliphatic heterocycles. The molecular formula is C19H23FN4O3S. The molecule has 1 atom stereocenters. The maximum absolute atomic E-state index is 13.8. The van der Waals surface area contributed by atoms with Crippen molar-refractivity contribution >= 4 is 35.0 Å². The molecule has 0 aromatic heterocycles. The van der Waals surface area contributed by atoms with E-state index >= 15 is 0 Å². The van der Waals surface area contributed by atoms with Gasteiger partial charge in [-0.15, -0.1) is 5.10 Å². The first-order valence-corrected chi connectivity index (χ1v) is 10.2. The Morgan fingerprint density at radius 1 is 1.32 bits per heavy atom. The number of nitrogens with one attached hydrogen (secondary N) is 1. The SMILES string of the molecule is O=C(O)CC1SC(=NN=Cc2ccc(F)cc2CN2CCCCCC2)NC1=O. The lowest BCUT2D eigenvalue weighted by atomic mass is 10.1. The van der Waals surface area contributed by atoms with Gasteiger partial charge in [0.15, 0.2) is 5.17 Å². The van der Waals surface area contributed by atoms with E-state index in [9.17, 15) is 14.0 Å². The van der Waals surface area contributed by atoms with Crippen molar-refractivity contribution in [1.29, 1.82) is 0 Å². The summed E-state index contributed by atoms with van der Waals surface area (Å²) in [5.74, 6) is -1.71. The topological polar surface area (TPSA) is 94.4 Å². The van der Waals surface area contributed by atoms with E-state index in [1.165, 1.54) is 31.2 Å². The van der Waals surface area contributed by atoms with Gasteiger partial charge in [-0.05, 0) is 49.2 Å². The number of nitrogens with zero attached hydrogens (tertiary/aromatic N) is 3. The quantitative estimate of drug-likeness (QED) is 0.559. The van der Waals surface area contributed by atoms with E-state index in [2.05, 4.69) is 20.4 Å². The van der Waals surface area contributed by atoms with E-state index in [1.54, 1.807) is 6.07 Å². The summed E-state index contributed by atoms with van der Waals surface area (Å²) in [7, 11) is 0. The van der Waals surface area contributed by atoms with E-state index in [4.69, 9.17) is 5.11 Å². The minimum atomic E-state index is -1.04. The number of rotatable bonds is 6. The Labute approximate surface area is 167 Å². The van der Waals surface area contributed by atoms with Gasteiger partial charge in [-0.1, -0.05) is 30.7 Å². The molecule has 2 heterocycles. The number of benzene rings is 1. The van der Waals surface area contributed by atoms with Crippen LogP contribution in [0.15, 0.2) is 28.4 Å². The molecule has 2 saturated heterocycles. The second-order valence-corrected chi connectivity index (χ2v) is 8.07. The minimum absolute atomic E-state index is 0.267. The van der Waals surface area contributed by atoms with Crippen molar-refractivity contribution in [3.63, 3.8) is 0 Å². The van der Waals surface area contributed by atoms with Crippen molar-refractivity contribution in [3.05, 3.63) is 35.1 Å².